The summed E-state index contributed by atoms with van der Waals surface area (Å²) in [5.41, 5.74) is 0. The molecule has 0 heterocycles. The molecule has 0 unspecified atom stereocenters. The molecule has 0 aromatic rings. The Labute approximate surface area is 134 Å². The Morgan fingerprint density at radius 3 is 2.27 bits per heavy atom. The van der Waals surface area contributed by atoms with Crippen LogP contribution >= 0.6 is 0 Å². The lowest BCUT2D eigenvalue weighted by atomic mass is 10.0. The van der Waals surface area contributed by atoms with E-state index in [9.17, 15) is 4.79 Å². The van der Waals surface area contributed by atoms with E-state index in [1.165, 1.54) is 44.6 Å². The van der Waals surface area contributed by atoms with E-state index in [1.54, 1.807) is 12.2 Å². The molecule has 0 spiro atoms. The van der Waals surface area contributed by atoms with Crippen LogP contribution in [-0.2, 0) is 9.68 Å². The number of hydrogen-bond donors (Lipinski definition) is 2. The van der Waals surface area contributed by atoms with Crippen molar-refractivity contribution < 1.29 is 20.0 Å². The predicted octanol–water partition coefficient (Wildman–Crippen LogP) is 5.13. The molecule has 22 heavy (non-hydrogen) atoms. The summed E-state index contributed by atoms with van der Waals surface area (Å²) < 4.78 is 0. The maximum absolute atomic E-state index is 10.2. The summed E-state index contributed by atoms with van der Waals surface area (Å²) in [5, 5.41) is 17.3. The minimum absolute atomic E-state index is 0.158. The van der Waals surface area contributed by atoms with Gasteiger partial charge < -0.3 is 5.11 Å². The van der Waals surface area contributed by atoms with Gasteiger partial charge in [0.1, 0.15) is 0 Å². The highest BCUT2D eigenvalue weighted by Gasteiger charge is 2.06. The Morgan fingerprint density at radius 2 is 1.64 bits per heavy atom. The third-order valence-corrected chi connectivity index (χ3v) is 3.39. The molecule has 0 aliphatic heterocycles. The van der Waals surface area contributed by atoms with E-state index in [4.69, 9.17) is 10.4 Å². The van der Waals surface area contributed by atoms with Gasteiger partial charge in [-0.05, 0) is 12.8 Å². The zero-order chi connectivity index (χ0) is 16.5. The first kappa shape index (κ1) is 20.6. The highest BCUT2D eigenvalue weighted by molar-refractivity contribution is 5.80. The van der Waals surface area contributed by atoms with Crippen molar-refractivity contribution in [3.05, 3.63) is 36.5 Å². The van der Waals surface area contributed by atoms with E-state index in [0.717, 1.165) is 18.9 Å². The maximum atomic E-state index is 10.2. The number of carboxylic acids is 1. The third kappa shape index (κ3) is 15.0. The second kappa shape index (κ2) is 16.0. The average Bonchev–Trinajstić information content (AvgIpc) is 2.50. The normalized spacial score (nSPS) is 13.5. The summed E-state index contributed by atoms with van der Waals surface area (Å²) in [6, 6.07) is 0. The number of unbranched alkanes of at least 4 members (excludes halogenated alkanes) is 6. The van der Waals surface area contributed by atoms with Crippen molar-refractivity contribution in [1.82, 2.24) is 0 Å². The lowest BCUT2D eigenvalue weighted by molar-refractivity contribution is -0.279. The molecule has 1 atom stereocenters. The highest BCUT2D eigenvalue weighted by atomic mass is 17.1. The van der Waals surface area contributed by atoms with Crippen molar-refractivity contribution in [3.63, 3.8) is 0 Å². The summed E-state index contributed by atoms with van der Waals surface area (Å²) in [6.07, 6.45) is 19.8. The van der Waals surface area contributed by atoms with Gasteiger partial charge in [0, 0.05) is 6.08 Å². The Bertz CT molecular complexity index is 345. The molecule has 0 aromatic heterocycles. The smallest absolute Gasteiger partial charge is 0.328 e. The number of hydrogen-bond acceptors (Lipinski definition) is 3. The van der Waals surface area contributed by atoms with Gasteiger partial charge >= 0.3 is 5.97 Å². The summed E-state index contributed by atoms with van der Waals surface area (Å²) in [5.74, 6) is -0.961. The maximum Gasteiger partial charge on any atom is 0.328 e. The molecule has 0 aliphatic carbocycles. The van der Waals surface area contributed by atoms with Crippen molar-refractivity contribution in [2.75, 3.05) is 0 Å². The van der Waals surface area contributed by atoms with E-state index in [1.807, 2.05) is 12.2 Å². The van der Waals surface area contributed by atoms with Gasteiger partial charge in [-0.3, -0.25) is 5.26 Å². The fourth-order valence-corrected chi connectivity index (χ4v) is 2.12. The van der Waals surface area contributed by atoms with Crippen LogP contribution in [0, 0.1) is 0 Å². The molecule has 0 aromatic carbocycles. The molecule has 4 nitrogen and oxygen atoms in total. The molecule has 126 valence electrons. The zero-order valence-electron chi connectivity index (χ0n) is 13.6. The first-order valence-corrected chi connectivity index (χ1v) is 8.23. The second-order valence-electron chi connectivity index (χ2n) is 5.38. The number of aliphatic carboxylic acids is 1. The largest absolute Gasteiger partial charge is 0.478 e. The highest BCUT2D eigenvalue weighted by Crippen LogP contribution is 2.13. The van der Waals surface area contributed by atoms with Crippen LogP contribution in [0.2, 0.25) is 0 Å². The van der Waals surface area contributed by atoms with Gasteiger partial charge in [-0.25, -0.2) is 9.68 Å². The van der Waals surface area contributed by atoms with E-state index < -0.39 is 5.97 Å². The fourth-order valence-electron chi connectivity index (χ4n) is 2.12. The van der Waals surface area contributed by atoms with Gasteiger partial charge in [-0.2, -0.15) is 0 Å². The van der Waals surface area contributed by atoms with Crippen LogP contribution in [0.5, 0.6) is 0 Å². The van der Waals surface area contributed by atoms with Crippen LogP contribution in [0.3, 0.4) is 0 Å². The minimum atomic E-state index is -0.961. The van der Waals surface area contributed by atoms with Crippen LogP contribution in [0.15, 0.2) is 36.5 Å². The average molecular weight is 310 g/mol. The standard InChI is InChI=1S/C18H30O4/c1-2-3-4-5-6-8-11-14-17(22-21)15-12-9-7-10-13-16-18(19)20/h7,9-10,12-13,16-17,21H,2-6,8,11,14-15H2,1H3,(H,19,20)/t17-/m0/s1. The van der Waals surface area contributed by atoms with Gasteiger partial charge in [0.15, 0.2) is 0 Å². The Balaban J connectivity index is 3.67. The molecule has 0 aliphatic rings. The molecular weight excluding hydrogens is 280 g/mol. The molecule has 0 rings (SSSR count). The summed E-state index contributed by atoms with van der Waals surface area (Å²) in [7, 11) is 0. The lowest BCUT2D eigenvalue weighted by Crippen LogP contribution is -2.09. The van der Waals surface area contributed by atoms with Crippen LogP contribution in [0.25, 0.3) is 0 Å². The van der Waals surface area contributed by atoms with Gasteiger partial charge in [0.2, 0.25) is 0 Å². The van der Waals surface area contributed by atoms with Crippen molar-refractivity contribution in [2.45, 2.75) is 70.8 Å². The van der Waals surface area contributed by atoms with Crippen molar-refractivity contribution in [2.24, 2.45) is 0 Å². The molecule has 0 amide bonds. The molecular formula is C18H30O4. The van der Waals surface area contributed by atoms with Crippen molar-refractivity contribution >= 4 is 5.97 Å². The van der Waals surface area contributed by atoms with E-state index in [2.05, 4.69) is 11.8 Å². The summed E-state index contributed by atoms with van der Waals surface area (Å²) >= 11 is 0. The van der Waals surface area contributed by atoms with E-state index >= 15 is 0 Å². The second-order valence-corrected chi connectivity index (χ2v) is 5.38. The quantitative estimate of drug-likeness (QED) is 0.153. The first-order chi connectivity index (χ1) is 10.7. The number of allylic oxidation sites excluding steroid dienone is 4. The third-order valence-electron chi connectivity index (χ3n) is 3.39. The van der Waals surface area contributed by atoms with Crippen LogP contribution < -0.4 is 0 Å². The van der Waals surface area contributed by atoms with E-state index in [0.29, 0.717) is 6.42 Å². The SMILES string of the molecule is CCCCCCCCC[C@@H](CC=CC=CC=CC(=O)O)OO. The van der Waals surface area contributed by atoms with Crippen LogP contribution in [-0.4, -0.2) is 22.4 Å². The monoisotopic (exact) mass is 310 g/mol. The molecule has 2 N–H and O–H groups in total. The zero-order valence-corrected chi connectivity index (χ0v) is 13.6. The number of carbonyl (C=O) groups is 1. The molecule has 4 heteroatoms. The summed E-state index contributed by atoms with van der Waals surface area (Å²) in [6.45, 7) is 2.22. The van der Waals surface area contributed by atoms with Gasteiger partial charge in [0.05, 0.1) is 6.10 Å². The molecule has 0 fully saturated rings. The molecule has 0 saturated heterocycles. The number of carboxylic acid groups (broad SMARTS) is 1. The summed E-state index contributed by atoms with van der Waals surface area (Å²) in [4.78, 5) is 14.7. The topological polar surface area (TPSA) is 66.8 Å². The van der Waals surface area contributed by atoms with Gasteiger partial charge in [-0.15, -0.1) is 0 Å². The van der Waals surface area contributed by atoms with Crippen molar-refractivity contribution in [1.29, 1.82) is 0 Å². The van der Waals surface area contributed by atoms with Crippen LogP contribution in [0.1, 0.15) is 64.7 Å². The molecule has 0 radical (unpaired) electrons. The Hall–Kier alpha value is -1.39. The molecule has 0 bridgehead atoms. The Morgan fingerprint density at radius 1 is 1.00 bits per heavy atom. The fraction of sp³-hybridized carbons (Fsp3) is 0.611. The minimum Gasteiger partial charge on any atom is -0.478 e. The number of rotatable bonds is 14. The lowest BCUT2D eigenvalue weighted by Gasteiger charge is -2.10. The Kier molecular flexibility index (Phi) is 15.0. The van der Waals surface area contributed by atoms with Crippen LogP contribution in [0.4, 0.5) is 0 Å². The van der Waals surface area contributed by atoms with E-state index in [-0.39, 0.29) is 6.10 Å². The molecule has 0 saturated carbocycles. The van der Waals surface area contributed by atoms with Crippen molar-refractivity contribution in [3.8, 4) is 0 Å². The van der Waals surface area contributed by atoms with Gasteiger partial charge in [0.25, 0.3) is 0 Å². The predicted molar refractivity (Wildman–Crippen MR) is 89.8 cm³/mol. The first-order valence-electron chi connectivity index (χ1n) is 8.23. The van der Waals surface area contributed by atoms with Gasteiger partial charge in [-0.1, -0.05) is 82.2 Å².